The largest absolute Gasteiger partial charge is 0.444 e. The Bertz CT molecular complexity index is 755. The molecule has 1 amide bonds. The molecule has 0 spiro atoms. The lowest BCUT2D eigenvalue weighted by Gasteiger charge is -2.33. The Balaban J connectivity index is 1.73. The predicted molar refractivity (Wildman–Crippen MR) is 98.2 cm³/mol. The van der Waals surface area contributed by atoms with E-state index in [-0.39, 0.29) is 6.09 Å². The van der Waals surface area contributed by atoms with E-state index in [9.17, 15) is 4.79 Å². The molecule has 5 nitrogen and oxygen atoms in total. The molecular weight excluding hydrogens is 370 g/mol. The van der Waals surface area contributed by atoms with Crippen LogP contribution in [0.3, 0.4) is 0 Å². The van der Waals surface area contributed by atoms with Crippen LogP contribution in [0.5, 0.6) is 0 Å². The van der Waals surface area contributed by atoms with Crippen LogP contribution in [-0.4, -0.2) is 39.2 Å². The molecule has 3 heterocycles. The number of carbonyl (C=O) groups is 1. The van der Waals surface area contributed by atoms with Crippen LogP contribution in [0, 0.1) is 0 Å². The third kappa shape index (κ3) is 3.58. The number of piperidine rings is 1. The maximum absolute atomic E-state index is 12.2. The lowest BCUT2D eigenvalue weighted by Crippen LogP contribution is -2.41. The Morgan fingerprint density at radius 1 is 1.33 bits per heavy atom. The van der Waals surface area contributed by atoms with Crippen LogP contribution in [0.4, 0.5) is 4.79 Å². The minimum absolute atomic E-state index is 0.205. The maximum atomic E-state index is 12.2. The van der Waals surface area contributed by atoms with Crippen molar-refractivity contribution in [3.8, 4) is 0 Å². The standard InChI is InChI=1S/C18H24BrN3O2/c1-18(2,3)24-17(23)22-7-5-12(6-8-22)15-11-21(4)16-14(15)9-13(19)10-20-16/h9-12H,5-8H2,1-4H3. The maximum Gasteiger partial charge on any atom is 0.410 e. The minimum Gasteiger partial charge on any atom is -0.444 e. The highest BCUT2D eigenvalue weighted by Crippen LogP contribution is 2.34. The second-order valence-electron chi connectivity index (χ2n) is 7.46. The van der Waals surface area contributed by atoms with E-state index in [1.165, 1.54) is 10.9 Å². The van der Waals surface area contributed by atoms with Crippen molar-refractivity contribution in [2.24, 2.45) is 7.05 Å². The molecule has 24 heavy (non-hydrogen) atoms. The van der Waals surface area contributed by atoms with E-state index in [2.05, 4.69) is 37.7 Å². The first-order valence-electron chi connectivity index (χ1n) is 8.33. The number of ether oxygens (including phenoxy) is 1. The molecule has 1 fully saturated rings. The van der Waals surface area contributed by atoms with Gasteiger partial charge in [0.25, 0.3) is 0 Å². The van der Waals surface area contributed by atoms with Crippen molar-refractivity contribution in [2.75, 3.05) is 13.1 Å². The van der Waals surface area contributed by atoms with Crippen LogP contribution in [0.2, 0.25) is 0 Å². The summed E-state index contributed by atoms with van der Waals surface area (Å²) in [7, 11) is 2.03. The third-order valence-electron chi connectivity index (χ3n) is 4.40. The summed E-state index contributed by atoms with van der Waals surface area (Å²) >= 11 is 3.52. The molecule has 0 aromatic carbocycles. The number of hydrogen-bond acceptors (Lipinski definition) is 3. The zero-order valence-corrected chi connectivity index (χ0v) is 16.3. The van der Waals surface area contributed by atoms with Gasteiger partial charge < -0.3 is 14.2 Å². The van der Waals surface area contributed by atoms with E-state index < -0.39 is 5.60 Å². The van der Waals surface area contributed by atoms with Gasteiger partial charge in [-0.05, 0) is 67.1 Å². The molecule has 2 aromatic heterocycles. The van der Waals surface area contributed by atoms with Gasteiger partial charge in [-0.2, -0.15) is 0 Å². The Morgan fingerprint density at radius 3 is 2.62 bits per heavy atom. The molecule has 0 aliphatic carbocycles. The highest BCUT2D eigenvalue weighted by molar-refractivity contribution is 9.10. The monoisotopic (exact) mass is 393 g/mol. The van der Waals surface area contributed by atoms with Crippen LogP contribution in [-0.2, 0) is 11.8 Å². The van der Waals surface area contributed by atoms with Crippen LogP contribution in [0.25, 0.3) is 11.0 Å². The number of aromatic nitrogens is 2. The number of pyridine rings is 1. The topological polar surface area (TPSA) is 47.4 Å². The first-order chi connectivity index (χ1) is 11.2. The summed E-state index contributed by atoms with van der Waals surface area (Å²) in [6.07, 6.45) is 5.70. The fraction of sp³-hybridized carbons (Fsp3) is 0.556. The van der Waals surface area contributed by atoms with Gasteiger partial charge in [0.1, 0.15) is 11.2 Å². The van der Waals surface area contributed by atoms with E-state index in [0.29, 0.717) is 5.92 Å². The zero-order valence-electron chi connectivity index (χ0n) is 14.7. The quantitative estimate of drug-likeness (QED) is 0.718. The van der Waals surface area contributed by atoms with Crippen molar-refractivity contribution < 1.29 is 9.53 Å². The predicted octanol–water partition coefficient (Wildman–Crippen LogP) is 4.45. The molecule has 0 unspecified atom stereocenters. The van der Waals surface area contributed by atoms with E-state index in [4.69, 9.17) is 4.74 Å². The van der Waals surface area contributed by atoms with Gasteiger partial charge in [0.05, 0.1) is 0 Å². The molecule has 1 saturated heterocycles. The van der Waals surface area contributed by atoms with Crippen molar-refractivity contribution in [2.45, 2.75) is 45.1 Å². The van der Waals surface area contributed by atoms with E-state index >= 15 is 0 Å². The van der Waals surface area contributed by atoms with Crippen molar-refractivity contribution in [1.82, 2.24) is 14.5 Å². The minimum atomic E-state index is -0.443. The SMILES string of the molecule is Cn1cc(C2CCN(C(=O)OC(C)(C)C)CC2)c2cc(Br)cnc21. The van der Waals surface area contributed by atoms with Gasteiger partial charge in [-0.3, -0.25) is 0 Å². The fourth-order valence-electron chi connectivity index (χ4n) is 3.29. The average Bonchev–Trinajstić information content (AvgIpc) is 2.82. The molecule has 3 rings (SSSR count). The van der Waals surface area contributed by atoms with Gasteiger partial charge in [-0.25, -0.2) is 9.78 Å². The van der Waals surface area contributed by atoms with Crippen LogP contribution in [0.15, 0.2) is 22.9 Å². The molecule has 0 N–H and O–H groups in total. The summed E-state index contributed by atoms with van der Waals surface area (Å²) in [5.74, 6) is 0.448. The second-order valence-corrected chi connectivity index (χ2v) is 8.38. The fourth-order valence-corrected chi connectivity index (χ4v) is 3.62. The summed E-state index contributed by atoms with van der Waals surface area (Å²) in [6.45, 7) is 7.17. The smallest absolute Gasteiger partial charge is 0.410 e. The van der Waals surface area contributed by atoms with Crippen molar-refractivity contribution in [1.29, 1.82) is 0 Å². The number of aryl methyl sites for hydroxylation is 1. The molecular formula is C18H24BrN3O2. The van der Waals surface area contributed by atoms with Crippen LogP contribution >= 0.6 is 15.9 Å². The molecule has 0 atom stereocenters. The number of carbonyl (C=O) groups excluding carboxylic acids is 1. The first-order valence-corrected chi connectivity index (χ1v) is 9.12. The van der Waals surface area contributed by atoms with E-state index in [0.717, 1.165) is 36.1 Å². The van der Waals surface area contributed by atoms with Gasteiger partial charge in [0, 0.05) is 42.4 Å². The molecule has 0 bridgehead atoms. The van der Waals surface area contributed by atoms with Crippen LogP contribution < -0.4 is 0 Å². The highest BCUT2D eigenvalue weighted by atomic mass is 79.9. The van der Waals surface area contributed by atoms with E-state index in [1.54, 1.807) is 0 Å². The van der Waals surface area contributed by atoms with Gasteiger partial charge >= 0.3 is 6.09 Å². The Hall–Kier alpha value is -1.56. The van der Waals surface area contributed by atoms with Crippen LogP contribution in [0.1, 0.15) is 45.1 Å². The molecule has 130 valence electrons. The number of nitrogens with zero attached hydrogens (tertiary/aromatic N) is 3. The lowest BCUT2D eigenvalue weighted by atomic mass is 9.90. The summed E-state index contributed by atoms with van der Waals surface area (Å²) in [6, 6.07) is 2.14. The third-order valence-corrected chi connectivity index (χ3v) is 4.83. The second kappa shape index (κ2) is 6.39. The number of halogens is 1. The lowest BCUT2D eigenvalue weighted by molar-refractivity contribution is 0.0205. The summed E-state index contributed by atoms with van der Waals surface area (Å²) < 4.78 is 8.55. The number of amides is 1. The van der Waals surface area contributed by atoms with Gasteiger partial charge in [0.2, 0.25) is 0 Å². The zero-order chi connectivity index (χ0) is 17.5. The highest BCUT2D eigenvalue weighted by Gasteiger charge is 2.28. The molecule has 6 heteroatoms. The molecule has 1 aliphatic rings. The van der Waals surface area contributed by atoms with Crippen molar-refractivity contribution in [3.63, 3.8) is 0 Å². The normalized spacial score (nSPS) is 16.6. The number of likely N-dealkylation sites (tertiary alicyclic amines) is 1. The van der Waals surface area contributed by atoms with E-state index in [1.807, 2.05) is 38.9 Å². The molecule has 0 radical (unpaired) electrons. The van der Waals surface area contributed by atoms with Gasteiger partial charge in [-0.15, -0.1) is 0 Å². The molecule has 1 aliphatic heterocycles. The Kier molecular flexibility index (Phi) is 4.60. The Morgan fingerprint density at radius 2 is 2.00 bits per heavy atom. The molecule has 2 aromatic rings. The Labute approximate surface area is 151 Å². The van der Waals surface area contributed by atoms with Gasteiger partial charge in [-0.1, -0.05) is 0 Å². The number of rotatable bonds is 1. The molecule has 0 saturated carbocycles. The number of hydrogen-bond donors (Lipinski definition) is 0. The summed E-state index contributed by atoms with van der Waals surface area (Å²) in [5.41, 5.74) is 1.88. The van der Waals surface area contributed by atoms with Gasteiger partial charge in [0.15, 0.2) is 0 Å². The summed E-state index contributed by atoms with van der Waals surface area (Å²) in [4.78, 5) is 18.5. The van der Waals surface area contributed by atoms with Crippen molar-refractivity contribution >= 4 is 33.1 Å². The van der Waals surface area contributed by atoms with Crippen molar-refractivity contribution in [3.05, 3.63) is 28.5 Å². The summed E-state index contributed by atoms with van der Waals surface area (Å²) in [5, 5.41) is 1.20. The first kappa shape index (κ1) is 17.3. The average molecular weight is 394 g/mol. The number of fused-ring (bicyclic) bond motifs is 1.